The van der Waals surface area contributed by atoms with Gasteiger partial charge in [0.1, 0.15) is 0 Å². The standard InChI is InChI=1S/C22H20N4O4/c1(15-3-7-18-20(11-15)29-13-27-18)5-17(25-26-22-23-9-10-24-22)6-2-16-4-8-19-21(12-16)30-14-28-19/h1-8,11-12H,9-10,13-14H2,(H2,23,24,26)/b5-1+,6-2+. The summed E-state index contributed by atoms with van der Waals surface area (Å²) in [5.41, 5.74) is 5.67. The van der Waals surface area contributed by atoms with Crippen LogP contribution in [0.1, 0.15) is 11.1 Å². The topological polar surface area (TPSA) is 85.7 Å². The number of hydrogen-bond donors (Lipinski definition) is 2. The molecule has 0 fully saturated rings. The third-order valence-electron chi connectivity index (χ3n) is 4.65. The van der Waals surface area contributed by atoms with Crippen LogP contribution in [0.2, 0.25) is 0 Å². The van der Waals surface area contributed by atoms with Crippen LogP contribution in [0.15, 0.2) is 58.6 Å². The van der Waals surface area contributed by atoms with Crippen molar-refractivity contribution in [1.29, 1.82) is 0 Å². The molecule has 0 atom stereocenters. The van der Waals surface area contributed by atoms with E-state index in [-0.39, 0.29) is 13.6 Å². The number of hydrogen-bond acceptors (Lipinski definition) is 8. The average molecular weight is 404 g/mol. The van der Waals surface area contributed by atoms with E-state index in [0.717, 1.165) is 52.9 Å². The molecule has 2 aromatic rings. The quantitative estimate of drug-likeness (QED) is 0.589. The van der Waals surface area contributed by atoms with E-state index in [2.05, 4.69) is 20.8 Å². The highest BCUT2D eigenvalue weighted by molar-refractivity contribution is 6.09. The summed E-state index contributed by atoms with van der Waals surface area (Å²) in [6.07, 6.45) is 7.78. The van der Waals surface area contributed by atoms with Crippen molar-refractivity contribution < 1.29 is 18.9 Å². The Kier molecular flexibility index (Phi) is 4.95. The summed E-state index contributed by atoms with van der Waals surface area (Å²) in [6.45, 7) is 2.07. The van der Waals surface area contributed by atoms with E-state index in [1.807, 2.05) is 60.7 Å². The fourth-order valence-electron chi connectivity index (χ4n) is 3.12. The molecular weight excluding hydrogens is 384 g/mol. The lowest BCUT2D eigenvalue weighted by atomic mass is 10.1. The number of nitrogens with one attached hydrogen (secondary N) is 2. The molecule has 0 spiro atoms. The van der Waals surface area contributed by atoms with Crippen molar-refractivity contribution in [2.75, 3.05) is 26.7 Å². The number of allylic oxidation sites excluding steroid dienone is 2. The highest BCUT2D eigenvalue weighted by Crippen LogP contribution is 2.33. The molecule has 2 N–H and O–H groups in total. The van der Waals surface area contributed by atoms with Gasteiger partial charge in [-0.05, 0) is 47.5 Å². The van der Waals surface area contributed by atoms with Gasteiger partial charge in [0.15, 0.2) is 23.0 Å². The number of guanidine groups is 1. The molecule has 0 unspecified atom stereocenters. The molecule has 152 valence electrons. The Hall–Kier alpha value is -3.94. The molecule has 3 aliphatic rings. The number of hydrazone groups is 1. The minimum absolute atomic E-state index is 0.256. The van der Waals surface area contributed by atoms with Gasteiger partial charge < -0.3 is 24.3 Å². The van der Waals surface area contributed by atoms with Gasteiger partial charge in [0, 0.05) is 6.54 Å². The summed E-state index contributed by atoms with van der Waals surface area (Å²) in [4.78, 5) is 4.30. The third-order valence-corrected chi connectivity index (χ3v) is 4.65. The molecule has 0 saturated carbocycles. The second kappa shape index (κ2) is 8.20. The van der Waals surface area contributed by atoms with Crippen molar-refractivity contribution in [2.45, 2.75) is 0 Å². The molecule has 5 rings (SSSR count). The maximum atomic E-state index is 5.44. The highest BCUT2D eigenvalue weighted by atomic mass is 16.7. The van der Waals surface area contributed by atoms with Crippen LogP contribution in [0.3, 0.4) is 0 Å². The normalized spacial score (nSPS) is 16.1. The first kappa shape index (κ1) is 18.1. The zero-order valence-corrected chi connectivity index (χ0v) is 16.1. The van der Waals surface area contributed by atoms with E-state index >= 15 is 0 Å². The Morgan fingerprint density at radius 2 is 1.47 bits per heavy atom. The number of benzene rings is 2. The maximum absolute atomic E-state index is 5.44. The lowest BCUT2D eigenvalue weighted by molar-refractivity contribution is 0.173. The number of nitrogens with zero attached hydrogens (tertiary/aromatic N) is 2. The van der Waals surface area contributed by atoms with Crippen LogP contribution >= 0.6 is 0 Å². The van der Waals surface area contributed by atoms with Gasteiger partial charge >= 0.3 is 0 Å². The van der Waals surface area contributed by atoms with Gasteiger partial charge in [-0.3, -0.25) is 0 Å². The minimum atomic E-state index is 0.256. The van der Waals surface area contributed by atoms with Gasteiger partial charge in [-0.2, -0.15) is 5.10 Å². The van der Waals surface area contributed by atoms with Crippen molar-refractivity contribution >= 4 is 23.8 Å². The molecule has 8 nitrogen and oxygen atoms in total. The molecule has 0 aliphatic carbocycles. The van der Waals surface area contributed by atoms with Crippen LogP contribution in [0.5, 0.6) is 23.0 Å². The SMILES string of the molecule is C(=C\c1ccc2c(c1)OCO2)/C(/C=C/c1ccc2c(c1)OCO2)=NNC1=NCCN1. The Labute approximate surface area is 173 Å². The molecule has 0 saturated heterocycles. The average Bonchev–Trinajstić information content (AvgIpc) is 3.53. The number of fused-ring (bicyclic) bond motifs is 2. The number of ether oxygens (including phenoxy) is 4. The predicted molar refractivity (Wildman–Crippen MR) is 114 cm³/mol. The highest BCUT2D eigenvalue weighted by Gasteiger charge is 2.13. The summed E-state index contributed by atoms with van der Waals surface area (Å²) < 4.78 is 21.6. The van der Waals surface area contributed by atoms with E-state index < -0.39 is 0 Å². The fourth-order valence-corrected chi connectivity index (χ4v) is 3.12. The molecular formula is C22H20N4O4. The van der Waals surface area contributed by atoms with Crippen molar-refractivity contribution in [3.05, 3.63) is 59.7 Å². The van der Waals surface area contributed by atoms with Crippen LogP contribution in [0, 0.1) is 0 Å². The summed E-state index contributed by atoms with van der Waals surface area (Å²) in [7, 11) is 0. The zero-order chi connectivity index (χ0) is 20.2. The van der Waals surface area contributed by atoms with E-state index in [1.165, 1.54) is 0 Å². The summed E-state index contributed by atoms with van der Waals surface area (Å²) in [6, 6.07) is 11.6. The first-order valence-corrected chi connectivity index (χ1v) is 9.61. The second-order valence-electron chi connectivity index (χ2n) is 6.70. The summed E-state index contributed by atoms with van der Waals surface area (Å²) in [5, 5.41) is 7.61. The molecule has 2 aromatic carbocycles. The smallest absolute Gasteiger partial charge is 0.231 e. The van der Waals surface area contributed by atoms with Crippen molar-refractivity contribution in [2.24, 2.45) is 10.1 Å². The first-order valence-electron chi connectivity index (χ1n) is 9.61. The third kappa shape index (κ3) is 4.07. The number of aliphatic imine (C=N–C) groups is 1. The second-order valence-corrected chi connectivity index (χ2v) is 6.70. The first-order chi connectivity index (χ1) is 14.8. The van der Waals surface area contributed by atoms with Crippen molar-refractivity contribution in [3.63, 3.8) is 0 Å². The van der Waals surface area contributed by atoms with Crippen LogP contribution in [0.25, 0.3) is 12.2 Å². The minimum Gasteiger partial charge on any atom is -0.454 e. The van der Waals surface area contributed by atoms with Crippen molar-refractivity contribution in [1.82, 2.24) is 10.7 Å². The zero-order valence-electron chi connectivity index (χ0n) is 16.1. The fraction of sp³-hybridized carbons (Fsp3) is 0.182. The maximum Gasteiger partial charge on any atom is 0.231 e. The molecule has 30 heavy (non-hydrogen) atoms. The van der Waals surface area contributed by atoms with Gasteiger partial charge in [-0.15, -0.1) is 0 Å². The van der Waals surface area contributed by atoms with Gasteiger partial charge in [-0.1, -0.05) is 24.3 Å². The van der Waals surface area contributed by atoms with E-state index in [9.17, 15) is 0 Å². The monoisotopic (exact) mass is 404 g/mol. The van der Waals surface area contributed by atoms with E-state index in [4.69, 9.17) is 18.9 Å². The Morgan fingerprint density at radius 1 is 0.867 bits per heavy atom. The van der Waals surface area contributed by atoms with Gasteiger partial charge in [0.25, 0.3) is 0 Å². The van der Waals surface area contributed by atoms with Crippen LogP contribution in [-0.4, -0.2) is 38.3 Å². The van der Waals surface area contributed by atoms with Crippen molar-refractivity contribution in [3.8, 4) is 23.0 Å². The molecule has 0 bridgehead atoms. The predicted octanol–water partition coefficient (Wildman–Crippen LogP) is 2.78. The molecule has 3 aliphatic heterocycles. The van der Waals surface area contributed by atoms with E-state index in [1.54, 1.807) is 0 Å². The van der Waals surface area contributed by atoms with Gasteiger partial charge in [0.2, 0.25) is 19.5 Å². The Bertz CT molecular complexity index is 1010. The molecule has 0 radical (unpaired) electrons. The van der Waals surface area contributed by atoms with Gasteiger partial charge in [-0.25, -0.2) is 10.4 Å². The molecule has 8 heteroatoms. The Morgan fingerprint density at radius 3 is 2.03 bits per heavy atom. The van der Waals surface area contributed by atoms with E-state index in [0.29, 0.717) is 5.96 Å². The summed E-state index contributed by atoms with van der Waals surface area (Å²) in [5.74, 6) is 3.68. The van der Waals surface area contributed by atoms with Crippen LogP contribution in [0.4, 0.5) is 0 Å². The lowest BCUT2D eigenvalue weighted by Crippen LogP contribution is -2.30. The Balaban J connectivity index is 1.36. The largest absolute Gasteiger partial charge is 0.454 e. The summed E-state index contributed by atoms with van der Waals surface area (Å²) >= 11 is 0. The molecule has 0 amide bonds. The molecule has 0 aromatic heterocycles. The van der Waals surface area contributed by atoms with Crippen LogP contribution < -0.4 is 29.7 Å². The lowest BCUT2D eigenvalue weighted by Gasteiger charge is -2.02. The van der Waals surface area contributed by atoms with Gasteiger partial charge in [0.05, 0.1) is 12.3 Å². The molecule has 3 heterocycles. The number of rotatable bonds is 5. The van der Waals surface area contributed by atoms with Crippen LogP contribution in [-0.2, 0) is 0 Å².